The van der Waals surface area contributed by atoms with Crippen molar-refractivity contribution in [2.24, 2.45) is 0 Å². The molecular weight excluding hydrogens is 256 g/mol. The van der Waals surface area contributed by atoms with E-state index in [0.29, 0.717) is 12.4 Å². The molecule has 1 aromatic carbocycles. The number of hydrogen-bond donors (Lipinski definition) is 0. The van der Waals surface area contributed by atoms with Crippen LogP contribution in [-0.2, 0) is 20.7 Å². The first-order chi connectivity index (χ1) is 9.45. The Kier molecular flexibility index (Phi) is 4.02. The molecule has 4 heteroatoms. The van der Waals surface area contributed by atoms with E-state index in [1.54, 1.807) is 14.0 Å². The first-order valence-corrected chi connectivity index (χ1v) is 6.70. The summed E-state index contributed by atoms with van der Waals surface area (Å²) in [5, 5.41) is 0. The van der Waals surface area contributed by atoms with Crippen LogP contribution >= 0.6 is 0 Å². The second kappa shape index (κ2) is 5.57. The highest BCUT2D eigenvalue weighted by molar-refractivity contribution is 5.90. The maximum absolute atomic E-state index is 11.7. The third-order valence-corrected chi connectivity index (χ3v) is 3.12. The van der Waals surface area contributed by atoms with Crippen LogP contribution in [0.2, 0.25) is 0 Å². The Labute approximate surface area is 119 Å². The van der Waals surface area contributed by atoms with Crippen LogP contribution in [0.1, 0.15) is 31.9 Å². The quantitative estimate of drug-likeness (QED) is 0.629. The van der Waals surface area contributed by atoms with Gasteiger partial charge in [0.25, 0.3) is 0 Å². The average Bonchev–Trinajstić information content (AvgIpc) is 2.37. The van der Waals surface area contributed by atoms with E-state index in [4.69, 9.17) is 14.2 Å². The lowest BCUT2D eigenvalue weighted by Gasteiger charge is -2.34. The van der Waals surface area contributed by atoms with Gasteiger partial charge in [-0.1, -0.05) is 6.07 Å². The molecule has 0 atom stereocenters. The second-order valence-electron chi connectivity index (χ2n) is 5.32. The molecule has 0 bridgehead atoms. The molecule has 20 heavy (non-hydrogen) atoms. The van der Waals surface area contributed by atoms with Crippen molar-refractivity contribution in [1.29, 1.82) is 0 Å². The minimum Gasteiger partial charge on any atom is -0.497 e. The zero-order valence-electron chi connectivity index (χ0n) is 12.4. The van der Waals surface area contributed by atoms with E-state index in [0.717, 1.165) is 23.3 Å². The summed E-state index contributed by atoms with van der Waals surface area (Å²) >= 11 is 0. The Morgan fingerprint density at radius 1 is 1.45 bits per heavy atom. The van der Waals surface area contributed by atoms with Crippen molar-refractivity contribution in [3.05, 3.63) is 35.4 Å². The summed E-state index contributed by atoms with van der Waals surface area (Å²) in [5.41, 5.74) is 1.68. The second-order valence-corrected chi connectivity index (χ2v) is 5.32. The molecule has 0 radical (unpaired) electrons. The molecule has 0 N–H and O–H groups in total. The minimum atomic E-state index is -0.394. The van der Waals surface area contributed by atoms with Crippen LogP contribution in [0.5, 0.6) is 5.75 Å². The summed E-state index contributed by atoms with van der Waals surface area (Å²) in [6, 6.07) is 5.81. The topological polar surface area (TPSA) is 44.8 Å². The smallest absolute Gasteiger partial charge is 0.334 e. The SMILES string of the molecule is CCOC(=O)/C=C1\OC(C)(C)Cc2ccc(OC)cc21. The monoisotopic (exact) mass is 276 g/mol. The Balaban J connectivity index is 2.44. The van der Waals surface area contributed by atoms with Crippen LogP contribution in [-0.4, -0.2) is 25.3 Å². The molecule has 0 aliphatic carbocycles. The molecule has 4 nitrogen and oxygen atoms in total. The third kappa shape index (κ3) is 3.13. The van der Waals surface area contributed by atoms with E-state index in [1.165, 1.54) is 6.08 Å². The number of fused-ring (bicyclic) bond motifs is 1. The lowest BCUT2D eigenvalue weighted by molar-refractivity contribution is -0.137. The number of methoxy groups -OCH3 is 1. The summed E-state index contributed by atoms with van der Waals surface area (Å²) < 4.78 is 16.1. The van der Waals surface area contributed by atoms with E-state index >= 15 is 0 Å². The maximum atomic E-state index is 11.7. The summed E-state index contributed by atoms with van der Waals surface area (Å²) in [4.78, 5) is 11.7. The highest BCUT2D eigenvalue weighted by atomic mass is 16.5. The molecule has 108 valence electrons. The van der Waals surface area contributed by atoms with Crippen LogP contribution in [0.4, 0.5) is 0 Å². The fraction of sp³-hybridized carbons (Fsp3) is 0.438. The van der Waals surface area contributed by atoms with Gasteiger partial charge < -0.3 is 14.2 Å². The number of hydrogen-bond acceptors (Lipinski definition) is 4. The molecule has 1 heterocycles. The maximum Gasteiger partial charge on any atom is 0.334 e. The number of carbonyl (C=O) groups is 1. The number of benzene rings is 1. The molecule has 1 aromatic rings. The van der Waals surface area contributed by atoms with Gasteiger partial charge >= 0.3 is 5.97 Å². The van der Waals surface area contributed by atoms with Gasteiger partial charge in [-0.25, -0.2) is 4.79 Å². The summed E-state index contributed by atoms with van der Waals surface area (Å²) in [7, 11) is 1.62. The highest BCUT2D eigenvalue weighted by Gasteiger charge is 2.30. The normalized spacial score (nSPS) is 18.1. The van der Waals surface area contributed by atoms with Crippen molar-refractivity contribution in [2.75, 3.05) is 13.7 Å². The molecule has 2 rings (SSSR count). The summed E-state index contributed by atoms with van der Waals surface area (Å²) in [6.45, 7) is 6.12. The van der Waals surface area contributed by atoms with Crippen LogP contribution in [0.25, 0.3) is 5.76 Å². The minimum absolute atomic E-state index is 0.344. The van der Waals surface area contributed by atoms with Crippen LogP contribution in [0.3, 0.4) is 0 Å². The van der Waals surface area contributed by atoms with Crippen molar-refractivity contribution < 1.29 is 19.0 Å². The Morgan fingerprint density at radius 2 is 2.20 bits per heavy atom. The van der Waals surface area contributed by atoms with Gasteiger partial charge in [-0.15, -0.1) is 0 Å². The van der Waals surface area contributed by atoms with E-state index in [2.05, 4.69) is 0 Å². The van der Waals surface area contributed by atoms with Gasteiger partial charge in [0.1, 0.15) is 17.1 Å². The molecular formula is C16H20O4. The van der Waals surface area contributed by atoms with Gasteiger partial charge in [-0.3, -0.25) is 0 Å². The first-order valence-electron chi connectivity index (χ1n) is 6.70. The first kappa shape index (κ1) is 14.4. The van der Waals surface area contributed by atoms with E-state index < -0.39 is 5.97 Å². The molecule has 0 saturated heterocycles. The predicted molar refractivity (Wildman–Crippen MR) is 76.5 cm³/mol. The Bertz CT molecular complexity index is 543. The van der Waals surface area contributed by atoms with Gasteiger partial charge in [0.2, 0.25) is 0 Å². The number of esters is 1. The van der Waals surface area contributed by atoms with Gasteiger partial charge in [-0.2, -0.15) is 0 Å². The largest absolute Gasteiger partial charge is 0.497 e. The molecule has 0 spiro atoms. The number of ether oxygens (including phenoxy) is 3. The average molecular weight is 276 g/mol. The van der Waals surface area contributed by atoms with Gasteiger partial charge in [0.15, 0.2) is 0 Å². The third-order valence-electron chi connectivity index (χ3n) is 3.12. The van der Waals surface area contributed by atoms with Crippen LogP contribution in [0, 0.1) is 0 Å². The van der Waals surface area contributed by atoms with Gasteiger partial charge in [0, 0.05) is 12.0 Å². The molecule has 0 fully saturated rings. The number of carbonyl (C=O) groups excluding carboxylic acids is 1. The Morgan fingerprint density at radius 3 is 2.85 bits per heavy atom. The Hall–Kier alpha value is -1.97. The van der Waals surface area contributed by atoms with Crippen molar-refractivity contribution in [3.63, 3.8) is 0 Å². The van der Waals surface area contributed by atoms with Crippen molar-refractivity contribution >= 4 is 11.7 Å². The highest BCUT2D eigenvalue weighted by Crippen LogP contribution is 2.36. The summed E-state index contributed by atoms with van der Waals surface area (Å²) in [6.07, 6.45) is 2.19. The molecule has 1 aliphatic heterocycles. The zero-order chi connectivity index (χ0) is 14.8. The lowest BCUT2D eigenvalue weighted by atomic mass is 9.90. The lowest BCUT2D eigenvalue weighted by Crippen LogP contribution is -2.31. The standard InChI is InChI=1S/C16H20O4/c1-5-19-15(17)9-14-13-8-12(18-4)7-6-11(13)10-16(2,3)20-14/h6-9H,5,10H2,1-4H3/b14-9-. The van der Waals surface area contributed by atoms with E-state index in [9.17, 15) is 4.79 Å². The van der Waals surface area contributed by atoms with Gasteiger partial charge in [0.05, 0.1) is 19.8 Å². The van der Waals surface area contributed by atoms with Crippen molar-refractivity contribution in [3.8, 4) is 5.75 Å². The predicted octanol–water partition coefficient (Wildman–Crippen LogP) is 2.95. The molecule has 1 aliphatic rings. The number of rotatable bonds is 3. The summed E-state index contributed by atoms with van der Waals surface area (Å²) in [5.74, 6) is 0.879. The van der Waals surface area contributed by atoms with Crippen molar-refractivity contribution in [1.82, 2.24) is 0 Å². The van der Waals surface area contributed by atoms with Crippen molar-refractivity contribution in [2.45, 2.75) is 32.8 Å². The zero-order valence-corrected chi connectivity index (χ0v) is 12.4. The molecule has 0 unspecified atom stereocenters. The van der Waals surface area contributed by atoms with E-state index in [-0.39, 0.29) is 5.60 Å². The van der Waals surface area contributed by atoms with Gasteiger partial charge in [-0.05, 0) is 38.5 Å². The van der Waals surface area contributed by atoms with E-state index in [1.807, 2.05) is 32.0 Å². The van der Waals surface area contributed by atoms with Crippen LogP contribution < -0.4 is 4.74 Å². The molecule has 0 saturated carbocycles. The fourth-order valence-electron chi connectivity index (χ4n) is 2.31. The molecule has 0 aromatic heterocycles. The van der Waals surface area contributed by atoms with Crippen LogP contribution in [0.15, 0.2) is 24.3 Å². The fourth-order valence-corrected chi connectivity index (χ4v) is 2.31. The molecule has 0 amide bonds.